The highest BCUT2D eigenvalue weighted by Crippen LogP contribution is 2.18. The molecule has 2 rings (SSSR count). The van der Waals surface area contributed by atoms with Gasteiger partial charge in [-0.1, -0.05) is 36.4 Å². The molecule has 0 bridgehead atoms. The van der Waals surface area contributed by atoms with Gasteiger partial charge in [0, 0.05) is 12.6 Å². The maximum absolute atomic E-state index is 5.17. The van der Waals surface area contributed by atoms with Crippen molar-refractivity contribution in [3.05, 3.63) is 65.2 Å². The Kier molecular flexibility index (Phi) is 4.58. The highest BCUT2D eigenvalue weighted by Gasteiger charge is 2.05. The fourth-order valence-electron chi connectivity index (χ4n) is 2.08. The van der Waals surface area contributed by atoms with Gasteiger partial charge in [0.15, 0.2) is 0 Å². The molecular weight excluding hydrogens is 234 g/mol. The lowest BCUT2D eigenvalue weighted by Gasteiger charge is -2.15. The minimum Gasteiger partial charge on any atom is -0.497 e. The summed E-state index contributed by atoms with van der Waals surface area (Å²) in [5, 5.41) is 3.55. The highest BCUT2D eigenvalue weighted by atomic mass is 16.5. The third-order valence-electron chi connectivity index (χ3n) is 3.48. The molecule has 2 aromatic rings. The van der Waals surface area contributed by atoms with E-state index < -0.39 is 0 Å². The average molecular weight is 255 g/mol. The van der Waals surface area contributed by atoms with Crippen LogP contribution in [0.2, 0.25) is 0 Å². The summed E-state index contributed by atoms with van der Waals surface area (Å²) in [4.78, 5) is 0. The predicted octanol–water partition coefficient (Wildman–Crippen LogP) is 3.85. The summed E-state index contributed by atoms with van der Waals surface area (Å²) in [6, 6.07) is 17.0. The van der Waals surface area contributed by atoms with Crippen molar-refractivity contribution >= 4 is 0 Å². The number of ether oxygens (including phenoxy) is 1. The van der Waals surface area contributed by atoms with Crippen LogP contribution in [0, 0.1) is 6.92 Å². The fourth-order valence-corrected chi connectivity index (χ4v) is 2.08. The van der Waals surface area contributed by atoms with Gasteiger partial charge in [-0.3, -0.25) is 0 Å². The second kappa shape index (κ2) is 6.39. The maximum Gasteiger partial charge on any atom is 0.118 e. The lowest BCUT2D eigenvalue weighted by Crippen LogP contribution is -2.18. The molecule has 0 aliphatic rings. The van der Waals surface area contributed by atoms with Gasteiger partial charge in [0.25, 0.3) is 0 Å². The van der Waals surface area contributed by atoms with Crippen LogP contribution < -0.4 is 10.1 Å². The van der Waals surface area contributed by atoms with E-state index in [9.17, 15) is 0 Å². The lowest BCUT2D eigenvalue weighted by atomic mass is 10.1. The first-order chi connectivity index (χ1) is 9.20. The molecular formula is C17H21NO. The third kappa shape index (κ3) is 3.58. The molecule has 1 atom stereocenters. The Morgan fingerprint density at radius 1 is 1.05 bits per heavy atom. The van der Waals surface area contributed by atoms with Gasteiger partial charge in [-0.2, -0.15) is 0 Å². The molecule has 19 heavy (non-hydrogen) atoms. The van der Waals surface area contributed by atoms with Crippen molar-refractivity contribution in [2.75, 3.05) is 7.11 Å². The van der Waals surface area contributed by atoms with E-state index in [1.165, 1.54) is 16.7 Å². The second-order valence-corrected chi connectivity index (χ2v) is 4.80. The fraction of sp³-hybridized carbons (Fsp3) is 0.294. The predicted molar refractivity (Wildman–Crippen MR) is 79.4 cm³/mol. The van der Waals surface area contributed by atoms with E-state index in [4.69, 9.17) is 4.74 Å². The van der Waals surface area contributed by atoms with Crippen LogP contribution in [0.5, 0.6) is 5.75 Å². The molecule has 2 heteroatoms. The summed E-state index contributed by atoms with van der Waals surface area (Å²) < 4.78 is 5.17. The normalized spacial score (nSPS) is 12.2. The van der Waals surface area contributed by atoms with Gasteiger partial charge in [-0.05, 0) is 42.7 Å². The van der Waals surface area contributed by atoms with Gasteiger partial charge >= 0.3 is 0 Å². The Hall–Kier alpha value is -1.80. The van der Waals surface area contributed by atoms with Gasteiger partial charge in [0.05, 0.1) is 7.11 Å². The molecule has 2 nitrogen and oxygen atoms in total. The average Bonchev–Trinajstić information content (AvgIpc) is 2.46. The highest BCUT2D eigenvalue weighted by molar-refractivity contribution is 5.29. The first kappa shape index (κ1) is 13.6. The minimum atomic E-state index is 0.325. The van der Waals surface area contributed by atoms with E-state index in [1.54, 1.807) is 7.11 Å². The number of benzene rings is 2. The van der Waals surface area contributed by atoms with Crippen LogP contribution in [0.4, 0.5) is 0 Å². The first-order valence-corrected chi connectivity index (χ1v) is 6.62. The second-order valence-electron chi connectivity index (χ2n) is 4.80. The molecule has 0 unspecified atom stereocenters. The standard InChI is InChI=1S/C17H21NO/c1-13-6-4-5-7-16(13)12-18-14(2)15-8-10-17(19-3)11-9-15/h4-11,14,18H,12H2,1-3H3/t14-/m1/s1. The SMILES string of the molecule is COc1ccc([C@@H](C)NCc2ccccc2C)cc1. The van der Waals surface area contributed by atoms with Gasteiger partial charge in [-0.25, -0.2) is 0 Å². The van der Waals surface area contributed by atoms with E-state index in [0.717, 1.165) is 12.3 Å². The van der Waals surface area contributed by atoms with Crippen LogP contribution in [0.15, 0.2) is 48.5 Å². The van der Waals surface area contributed by atoms with Crippen LogP contribution in [0.25, 0.3) is 0 Å². The van der Waals surface area contributed by atoms with Crippen LogP contribution >= 0.6 is 0 Å². The van der Waals surface area contributed by atoms with Crippen molar-refractivity contribution in [2.24, 2.45) is 0 Å². The van der Waals surface area contributed by atoms with Crippen molar-refractivity contribution in [2.45, 2.75) is 26.4 Å². The Bertz CT molecular complexity index is 519. The van der Waals surface area contributed by atoms with Gasteiger partial charge in [0.1, 0.15) is 5.75 Å². The van der Waals surface area contributed by atoms with Crippen molar-refractivity contribution < 1.29 is 4.74 Å². The molecule has 0 aromatic heterocycles. The zero-order chi connectivity index (χ0) is 13.7. The Labute approximate surface area is 115 Å². The quantitative estimate of drug-likeness (QED) is 0.876. The summed E-state index contributed by atoms with van der Waals surface area (Å²) in [7, 11) is 1.69. The molecule has 0 spiro atoms. The van der Waals surface area contributed by atoms with Crippen LogP contribution in [-0.2, 0) is 6.54 Å². The summed E-state index contributed by atoms with van der Waals surface area (Å²) >= 11 is 0. The molecule has 0 radical (unpaired) electrons. The van der Waals surface area contributed by atoms with Crippen molar-refractivity contribution in [3.63, 3.8) is 0 Å². The molecule has 0 amide bonds. The van der Waals surface area contributed by atoms with E-state index in [0.29, 0.717) is 6.04 Å². The summed E-state index contributed by atoms with van der Waals surface area (Å²) in [5.74, 6) is 0.898. The number of hydrogen-bond donors (Lipinski definition) is 1. The van der Waals surface area contributed by atoms with Gasteiger partial charge in [-0.15, -0.1) is 0 Å². The summed E-state index contributed by atoms with van der Waals surface area (Å²) in [6.45, 7) is 5.22. The van der Waals surface area contributed by atoms with E-state index >= 15 is 0 Å². The monoisotopic (exact) mass is 255 g/mol. The third-order valence-corrected chi connectivity index (χ3v) is 3.48. The smallest absolute Gasteiger partial charge is 0.118 e. The molecule has 0 saturated heterocycles. The van der Waals surface area contributed by atoms with Gasteiger partial charge < -0.3 is 10.1 Å². The number of methoxy groups -OCH3 is 1. The van der Waals surface area contributed by atoms with Crippen molar-refractivity contribution in [1.82, 2.24) is 5.32 Å². The molecule has 0 aliphatic carbocycles. The van der Waals surface area contributed by atoms with Crippen LogP contribution in [0.3, 0.4) is 0 Å². The molecule has 0 saturated carbocycles. The molecule has 0 heterocycles. The topological polar surface area (TPSA) is 21.3 Å². The number of hydrogen-bond acceptors (Lipinski definition) is 2. The van der Waals surface area contributed by atoms with Crippen LogP contribution in [0.1, 0.15) is 29.7 Å². The Morgan fingerprint density at radius 2 is 1.74 bits per heavy atom. The van der Waals surface area contributed by atoms with Gasteiger partial charge in [0.2, 0.25) is 0 Å². The van der Waals surface area contributed by atoms with E-state index in [2.05, 4.69) is 55.6 Å². The number of aryl methyl sites for hydroxylation is 1. The molecule has 0 aliphatic heterocycles. The molecule has 2 aromatic carbocycles. The summed E-state index contributed by atoms with van der Waals surface area (Å²) in [6.07, 6.45) is 0. The van der Waals surface area contributed by atoms with E-state index in [1.807, 2.05) is 12.1 Å². The van der Waals surface area contributed by atoms with Crippen molar-refractivity contribution in [3.8, 4) is 5.75 Å². The maximum atomic E-state index is 5.17. The minimum absolute atomic E-state index is 0.325. The Balaban J connectivity index is 1.97. The lowest BCUT2D eigenvalue weighted by molar-refractivity contribution is 0.414. The molecule has 100 valence electrons. The molecule has 0 fully saturated rings. The van der Waals surface area contributed by atoms with Crippen LogP contribution in [-0.4, -0.2) is 7.11 Å². The zero-order valence-electron chi connectivity index (χ0n) is 11.8. The number of nitrogens with one attached hydrogen (secondary N) is 1. The zero-order valence-corrected chi connectivity index (χ0v) is 11.8. The first-order valence-electron chi connectivity index (χ1n) is 6.62. The number of rotatable bonds is 5. The Morgan fingerprint density at radius 3 is 2.37 bits per heavy atom. The van der Waals surface area contributed by atoms with Crippen molar-refractivity contribution in [1.29, 1.82) is 0 Å². The van der Waals surface area contributed by atoms with E-state index in [-0.39, 0.29) is 0 Å². The largest absolute Gasteiger partial charge is 0.497 e. The summed E-state index contributed by atoms with van der Waals surface area (Å²) in [5.41, 5.74) is 3.95. The molecule has 1 N–H and O–H groups in total.